The molecule has 0 aliphatic carbocycles. The highest BCUT2D eigenvalue weighted by Gasteiger charge is 2.25. The van der Waals surface area contributed by atoms with E-state index < -0.39 is 11.8 Å². The summed E-state index contributed by atoms with van der Waals surface area (Å²) in [4.78, 5) is 11.1. The second-order valence-electron chi connectivity index (χ2n) is 4.04. The van der Waals surface area contributed by atoms with E-state index in [9.17, 15) is 9.18 Å². The summed E-state index contributed by atoms with van der Waals surface area (Å²) in [5, 5.41) is 9.31. The van der Waals surface area contributed by atoms with E-state index in [2.05, 4.69) is 15.9 Å². The Balaban J connectivity index is 2.95. The number of hydrogen-bond donors (Lipinski definition) is 1. The third-order valence-electron chi connectivity index (χ3n) is 2.55. The molecule has 0 bridgehead atoms. The average Bonchev–Trinajstić information content (AvgIpc) is 2.64. The molecule has 2 rings (SSSR count). The molecule has 0 atom stereocenters. The molecule has 0 aliphatic rings. The van der Waals surface area contributed by atoms with Crippen molar-refractivity contribution < 1.29 is 18.7 Å². The fourth-order valence-electron chi connectivity index (χ4n) is 1.86. The molecule has 17 heavy (non-hydrogen) atoms. The van der Waals surface area contributed by atoms with E-state index in [0.717, 1.165) is 0 Å². The molecular formula is C12H10BrFO3. The van der Waals surface area contributed by atoms with Crippen molar-refractivity contribution >= 4 is 32.9 Å². The lowest BCUT2D eigenvalue weighted by Gasteiger charge is -2.04. The Labute approximate surface area is 105 Å². The van der Waals surface area contributed by atoms with Crippen LogP contribution in [-0.2, 0) is 0 Å². The number of benzene rings is 1. The highest BCUT2D eigenvalue weighted by molar-refractivity contribution is 9.10. The van der Waals surface area contributed by atoms with Gasteiger partial charge < -0.3 is 9.52 Å². The minimum Gasteiger partial charge on any atom is -0.475 e. The Kier molecular flexibility index (Phi) is 2.95. The number of halogens is 2. The molecule has 0 fully saturated rings. The van der Waals surface area contributed by atoms with Gasteiger partial charge in [-0.05, 0) is 34.0 Å². The van der Waals surface area contributed by atoms with Gasteiger partial charge in [-0.2, -0.15) is 0 Å². The number of carbonyl (C=O) groups is 1. The number of furan rings is 1. The van der Waals surface area contributed by atoms with Crippen LogP contribution >= 0.6 is 15.9 Å². The Bertz CT molecular complexity index is 601. The topological polar surface area (TPSA) is 50.4 Å². The van der Waals surface area contributed by atoms with Gasteiger partial charge >= 0.3 is 5.97 Å². The van der Waals surface area contributed by atoms with E-state index in [1.54, 1.807) is 13.8 Å². The number of carboxylic acids is 1. The first kappa shape index (κ1) is 12.1. The summed E-state index contributed by atoms with van der Waals surface area (Å²) >= 11 is 3.22. The summed E-state index contributed by atoms with van der Waals surface area (Å²) in [6.45, 7) is 3.61. The monoisotopic (exact) mass is 300 g/mol. The molecule has 0 saturated heterocycles. The molecule has 1 aromatic heterocycles. The predicted octanol–water partition coefficient (Wildman–Crippen LogP) is 4.16. The van der Waals surface area contributed by atoms with Gasteiger partial charge in [0.15, 0.2) is 5.58 Å². The van der Waals surface area contributed by atoms with Gasteiger partial charge in [0.2, 0.25) is 5.76 Å². The van der Waals surface area contributed by atoms with Gasteiger partial charge in [-0.25, -0.2) is 9.18 Å². The van der Waals surface area contributed by atoms with E-state index in [-0.39, 0.29) is 22.6 Å². The van der Waals surface area contributed by atoms with Gasteiger partial charge in [0.05, 0.1) is 9.86 Å². The fraction of sp³-hybridized carbons (Fsp3) is 0.250. The van der Waals surface area contributed by atoms with Crippen molar-refractivity contribution in [3.05, 3.63) is 33.7 Å². The number of carboxylic acid groups (broad SMARTS) is 1. The van der Waals surface area contributed by atoms with Crippen molar-refractivity contribution in [3.63, 3.8) is 0 Å². The second kappa shape index (κ2) is 4.14. The molecule has 3 nitrogen and oxygen atoms in total. The molecule has 1 heterocycles. The van der Waals surface area contributed by atoms with Gasteiger partial charge in [-0.15, -0.1) is 0 Å². The van der Waals surface area contributed by atoms with E-state index in [1.807, 2.05) is 0 Å². The number of hydrogen-bond acceptors (Lipinski definition) is 2. The van der Waals surface area contributed by atoms with Gasteiger partial charge in [-0.3, -0.25) is 0 Å². The van der Waals surface area contributed by atoms with Crippen LogP contribution in [0.3, 0.4) is 0 Å². The van der Waals surface area contributed by atoms with Crippen molar-refractivity contribution in [1.29, 1.82) is 0 Å². The summed E-state index contributed by atoms with van der Waals surface area (Å²) in [6, 6.07) is 2.79. The first-order valence-electron chi connectivity index (χ1n) is 5.07. The van der Waals surface area contributed by atoms with E-state index in [4.69, 9.17) is 9.52 Å². The van der Waals surface area contributed by atoms with Crippen molar-refractivity contribution in [3.8, 4) is 0 Å². The molecule has 5 heteroatoms. The number of rotatable bonds is 2. The lowest BCUT2D eigenvalue weighted by Crippen LogP contribution is -2.00. The third-order valence-corrected chi connectivity index (χ3v) is 3.17. The third kappa shape index (κ3) is 1.84. The summed E-state index contributed by atoms with van der Waals surface area (Å²) in [7, 11) is 0. The van der Waals surface area contributed by atoms with Crippen molar-refractivity contribution in [1.82, 2.24) is 0 Å². The molecule has 90 valence electrons. The molecule has 0 saturated carbocycles. The second-order valence-corrected chi connectivity index (χ2v) is 4.89. The van der Waals surface area contributed by atoms with Crippen molar-refractivity contribution in [2.24, 2.45) is 0 Å². The van der Waals surface area contributed by atoms with E-state index >= 15 is 0 Å². The molecule has 0 aliphatic heterocycles. The smallest absolute Gasteiger partial charge is 0.372 e. The van der Waals surface area contributed by atoms with Crippen LogP contribution in [0.5, 0.6) is 0 Å². The van der Waals surface area contributed by atoms with Gasteiger partial charge in [0.25, 0.3) is 0 Å². The zero-order valence-electron chi connectivity index (χ0n) is 9.25. The molecule has 1 aromatic carbocycles. The van der Waals surface area contributed by atoms with E-state index in [1.165, 1.54) is 12.1 Å². The van der Waals surface area contributed by atoms with E-state index in [0.29, 0.717) is 10.0 Å². The minimum atomic E-state index is -1.18. The molecule has 2 aromatic rings. The Morgan fingerprint density at radius 2 is 2.12 bits per heavy atom. The summed E-state index contributed by atoms with van der Waals surface area (Å²) < 4.78 is 19.6. The standard InChI is InChI=1S/C12H10BrFO3/c1-5(2)8-9-7(14)4-3-6(13)10(9)17-11(8)12(15)16/h3-5H,1-2H3,(H,15,16). The van der Waals surface area contributed by atoms with Crippen LogP contribution in [0.2, 0.25) is 0 Å². The molecule has 0 amide bonds. The quantitative estimate of drug-likeness (QED) is 0.906. The van der Waals surface area contributed by atoms with Crippen molar-refractivity contribution in [2.75, 3.05) is 0 Å². The highest BCUT2D eigenvalue weighted by Crippen LogP contribution is 2.37. The Morgan fingerprint density at radius 1 is 1.47 bits per heavy atom. The molecule has 0 radical (unpaired) electrons. The molecular weight excluding hydrogens is 291 g/mol. The summed E-state index contributed by atoms with van der Waals surface area (Å²) in [5.41, 5.74) is 0.636. The largest absolute Gasteiger partial charge is 0.475 e. The van der Waals surface area contributed by atoms with Gasteiger partial charge in [-0.1, -0.05) is 13.8 Å². The lowest BCUT2D eigenvalue weighted by atomic mass is 9.99. The maximum absolute atomic E-state index is 13.8. The van der Waals surface area contributed by atoms with Crippen molar-refractivity contribution in [2.45, 2.75) is 19.8 Å². The highest BCUT2D eigenvalue weighted by atomic mass is 79.9. The minimum absolute atomic E-state index is 0.133. The first-order valence-corrected chi connectivity index (χ1v) is 5.86. The number of aromatic carboxylic acids is 1. The Hall–Kier alpha value is -1.36. The zero-order chi connectivity index (χ0) is 12.7. The fourth-order valence-corrected chi connectivity index (χ4v) is 2.28. The lowest BCUT2D eigenvalue weighted by molar-refractivity contribution is 0.0662. The molecule has 1 N–H and O–H groups in total. The van der Waals surface area contributed by atoms with Crippen LogP contribution in [-0.4, -0.2) is 11.1 Å². The summed E-state index contributed by atoms with van der Waals surface area (Å²) in [6.07, 6.45) is 0. The summed E-state index contributed by atoms with van der Waals surface area (Å²) in [5.74, 6) is -1.98. The maximum atomic E-state index is 13.8. The average molecular weight is 301 g/mol. The van der Waals surface area contributed by atoms with Crippen LogP contribution in [0, 0.1) is 5.82 Å². The van der Waals surface area contributed by atoms with Crippen LogP contribution in [0.1, 0.15) is 35.9 Å². The van der Waals surface area contributed by atoms with Crippen LogP contribution in [0.25, 0.3) is 11.0 Å². The SMILES string of the molecule is CC(C)c1c(C(=O)O)oc2c(Br)ccc(F)c12. The molecule has 0 spiro atoms. The normalized spacial score (nSPS) is 11.4. The van der Waals surface area contributed by atoms with Crippen LogP contribution in [0.4, 0.5) is 4.39 Å². The first-order chi connectivity index (χ1) is 7.93. The Morgan fingerprint density at radius 3 is 2.65 bits per heavy atom. The predicted molar refractivity (Wildman–Crippen MR) is 64.9 cm³/mol. The van der Waals surface area contributed by atoms with Gasteiger partial charge in [0.1, 0.15) is 5.82 Å². The van der Waals surface area contributed by atoms with Crippen LogP contribution in [0.15, 0.2) is 21.0 Å². The maximum Gasteiger partial charge on any atom is 0.372 e. The van der Waals surface area contributed by atoms with Crippen LogP contribution < -0.4 is 0 Å². The zero-order valence-corrected chi connectivity index (χ0v) is 10.8. The number of fused-ring (bicyclic) bond motifs is 1. The van der Waals surface area contributed by atoms with Gasteiger partial charge in [0, 0.05) is 5.56 Å². The molecule has 0 unspecified atom stereocenters.